The van der Waals surface area contributed by atoms with E-state index in [9.17, 15) is 4.79 Å². The third-order valence-corrected chi connectivity index (χ3v) is 3.61. The number of likely N-dealkylation sites (tertiary alicyclic amines) is 1. The molecule has 1 atom stereocenters. The topological polar surface area (TPSA) is 91.5 Å². The monoisotopic (exact) mass is 282 g/mol. The molecule has 0 saturated carbocycles. The molecule has 0 aromatic carbocycles. The Morgan fingerprint density at radius 2 is 2.20 bits per heavy atom. The molecule has 1 unspecified atom stereocenters. The van der Waals surface area contributed by atoms with Crippen LogP contribution in [0.15, 0.2) is 4.52 Å². The molecule has 0 aliphatic carbocycles. The molecule has 1 saturated heterocycles. The zero-order valence-electron chi connectivity index (χ0n) is 11.8. The maximum atomic E-state index is 12.0. The zero-order valence-corrected chi connectivity index (χ0v) is 11.8. The van der Waals surface area contributed by atoms with Crippen LogP contribution in [0.3, 0.4) is 0 Å². The number of amides is 1. The third kappa shape index (κ3) is 4.01. The van der Waals surface area contributed by atoms with Gasteiger partial charge in [-0.25, -0.2) is 0 Å². The van der Waals surface area contributed by atoms with Gasteiger partial charge >= 0.3 is 0 Å². The van der Waals surface area contributed by atoms with Crippen LogP contribution in [-0.2, 0) is 17.8 Å². The molecule has 1 aliphatic heterocycles. The van der Waals surface area contributed by atoms with Gasteiger partial charge in [-0.2, -0.15) is 4.98 Å². The van der Waals surface area contributed by atoms with Gasteiger partial charge in [-0.1, -0.05) is 11.6 Å². The van der Waals surface area contributed by atoms with Gasteiger partial charge < -0.3 is 14.9 Å². The molecule has 2 rings (SSSR count). The summed E-state index contributed by atoms with van der Waals surface area (Å²) in [5.41, 5.74) is 0. The maximum Gasteiger partial charge on any atom is 0.252 e. The Morgan fingerprint density at radius 1 is 1.45 bits per heavy atom. The Balaban J connectivity index is 1.71. The van der Waals surface area contributed by atoms with Crippen molar-refractivity contribution in [1.82, 2.24) is 20.4 Å². The quantitative estimate of drug-likeness (QED) is 0.768. The van der Waals surface area contributed by atoms with Gasteiger partial charge in [-0.05, 0) is 32.9 Å². The molecule has 1 aliphatic rings. The molecule has 0 spiro atoms. The van der Waals surface area contributed by atoms with Crippen molar-refractivity contribution in [3.8, 4) is 0 Å². The van der Waals surface area contributed by atoms with Crippen molar-refractivity contribution in [2.24, 2.45) is 0 Å². The SMILES string of the molecule is CC(C(=O)NCCc1noc(CO)n1)N1CCCCC1. The second-order valence-corrected chi connectivity index (χ2v) is 5.08. The van der Waals surface area contributed by atoms with Crippen LogP contribution in [0.5, 0.6) is 0 Å². The fourth-order valence-electron chi connectivity index (χ4n) is 2.37. The van der Waals surface area contributed by atoms with Gasteiger partial charge in [0.05, 0.1) is 6.04 Å². The fourth-order valence-corrected chi connectivity index (χ4v) is 2.37. The van der Waals surface area contributed by atoms with Crippen molar-refractivity contribution in [1.29, 1.82) is 0 Å². The fraction of sp³-hybridized carbons (Fsp3) is 0.769. The highest BCUT2D eigenvalue weighted by molar-refractivity contribution is 5.81. The number of carbonyl (C=O) groups is 1. The number of aliphatic hydroxyl groups excluding tert-OH is 1. The molecule has 1 amide bonds. The number of rotatable bonds is 6. The average Bonchev–Trinajstić information content (AvgIpc) is 2.95. The van der Waals surface area contributed by atoms with E-state index in [1.165, 1.54) is 19.3 Å². The van der Waals surface area contributed by atoms with Crippen LogP contribution in [0.1, 0.15) is 37.9 Å². The van der Waals surface area contributed by atoms with Crippen molar-refractivity contribution in [2.75, 3.05) is 19.6 Å². The van der Waals surface area contributed by atoms with E-state index in [1.807, 2.05) is 6.92 Å². The number of nitrogens with zero attached hydrogens (tertiary/aromatic N) is 3. The molecule has 0 radical (unpaired) electrons. The molecule has 2 heterocycles. The molecular formula is C13H22N4O3. The molecular weight excluding hydrogens is 260 g/mol. The summed E-state index contributed by atoms with van der Waals surface area (Å²) in [5, 5.41) is 15.4. The largest absolute Gasteiger partial charge is 0.387 e. The molecule has 7 heteroatoms. The van der Waals surface area contributed by atoms with E-state index in [1.54, 1.807) is 0 Å². The lowest BCUT2D eigenvalue weighted by Crippen LogP contribution is -2.47. The highest BCUT2D eigenvalue weighted by atomic mass is 16.5. The van der Waals surface area contributed by atoms with Crippen molar-refractivity contribution in [3.05, 3.63) is 11.7 Å². The number of nitrogens with one attached hydrogen (secondary N) is 1. The summed E-state index contributed by atoms with van der Waals surface area (Å²) < 4.78 is 4.78. The van der Waals surface area contributed by atoms with Crippen LogP contribution in [0.25, 0.3) is 0 Å². The molecule has 1 fully saturated rings. The summed E-state index contributed by atoms with van der Waals surface area (Å²) in [7, 11) is 0. The lowest BCUT2D eigenvalue weighted by Gasteiger charge is -2.31. The van der Waals surface area contributed by atoms with E-state index in [2.05, 4.69) is 20.4 Å². The maximum absolute atomic E-state index is 12.0. The first-order valence-electron chi connectivity index (χ1n) is 7.15. The minimum Gasteiger partial charge on any atom is -0.387 e. The minimum atomic E-state index is -0.259. The first-order chi connectivity index (χ1) is 9.70. The standard InChI is InChI=1S/C13H22N4O3/c1-10(17-7-3-2-4-8-17)13(19)14-6-5-11-15-12(9-18)20-16-11/h10,18H,2-9H2,1H3,(H,14,19). The Labute approximate surface area is 118 Å². The molecule has 1 aromatic heterocycles. The summed E-state index contributed by atoms with van der Waals surface area (Å²) in [6.45, 7) is 4.16. The van der Waals surface area contributed by atoms with E-state index < -0.39 is 0 Å². The first-order valence-corrected chi connectivity index (χ1v) is 7.15. The summed E-state index contributed by atoms with van der Waals surface area (Å²) in [6.07, 6.45) is 4.10. The van der Waals surface area contributed by atoms with Gasteiger partial charge in [0, 0.05) is 13.0 Å². The summed E-state index contributed by atoms with van der Waals surface area (Å²) in [4.78, 5) is 18.2. The molecule has 20 heavy (non-hydrogen) atoms. The number of aromatic nitrogens is 2. The van der Waals surface area contributed by atoms with Crippen molar-refractivity contribution in [3.63, 3.8) is 0 Å². The number of aliphatic hydroxyl groups is 1. The second-order valence-electron chi connectivity index (χ2n) is 5.08. The summed E-state index contributed by atoms with van der Waals surface area (Å²) in [5.74, 6) is 0.741. The smallest absolute Gasteiger partial charge is 0.252 e. The van der Waals surface area contributed by atoms with E-state index in [-0.39, 0.29) is 24.4 Å². The molecule has 0 bridgehead atoms. The van der Waals surface area contributed by atoms with Gasteiger partial charge in [0.1, 0.15) is 6.61 Å². The normalized spacial score (nSPS) is 17.9. The zero-order chi connectivity index (χ0) is 14.4. The predicted molar refractivity (Wildman–Crippen MR) is 71.8 cm³/mol. The van der Waals surface area contributed by atoms with Gasteiger partial charge in [0.2, 0.25) is 5.91 Å². The van der Waals surface area contributed by atoms with E-state index in [0.717, 1.165) is 13.1 Å². The van der Waals surface area contributed by atoms with Crippen LogP contribution in [0.4, 0.5) is 0 Å². The third-order valence-electron chi connectivity index (χ3n) is 3.61. The lowest BCUT2D eigenvalue weighted by atomic mass is 10.1. The number of hydrogen-bond donors (Lipinski definition) is 2. The highest BCUT2D eigenvalue weighted by Gasteiger charge is 2.22. The van der Waals surface area contributed by atoms with Crippen LogP contribution in [-0.4, -0.2) is 51.7 Å². The van der Waals surface area contributed by atoms with Crippen molar-refractivity contribution in [2.45, 2.75) is 45.3 Å². The van der Waals surface area contributed by atoms with E-state index in [0.29, 0.717) is 18.8 Å². The van der Waals surface area contributed by atoms with Gasteiger partial charge in [-0.3, -0.25) is 9.69 Å². The minimum absolute atomic E-state index is 0.0396. The van der Waals surface area contributed by atoms with Crippen molar-refractivity contribution < 1.29 is 14.4 Å². The second kappa shape index (κ2) is 7.35. The van der Waals surface area contributed by atoms with Gasteiger partial charge in [0.25, 0.3) is 5.89 Å². The molecule has 2 N–H and O–H groups in total. The number of piperidine rings is 1. The highest BCUT2D eigenvalue weighted by Crippen LogP contribution is 2.11. The number of hydrogen-bond acceptors (Lipinski definition) is 6. The summed E-state index contributed by atoms with van der Waals surface area (Å²) in [6, 6.07) is -0.0893. The molecule has 7 nitrogen and oxygen atoms in total. The predicted octanol–water partition coefficient (Wildman–Crippen LogP) is 0.0950. The molecule has 112 valence electrons. The first kappa shape index (κ1) is 14.9. The lowest BCUT2D eigenvalue weighted by molar-refractivity contribution is -0.126. The Bertz CT molecular complexity index is 429. The van der Waals surface area contributed by atoms with Gasteiger partial charge in [0.15, 0.2) is 5.82 Å². The Morgan fingerprint density at radius 3 is 2.85 bits per heavy atom. The van der Waals surface area contributed by atoms with Crippen LogP contribution >= 0.6 is 0 Å². The van der Waals surface area contributed by atoms with Crippen LogP contribution in [0, 0.1) is 0 Å². The van der Waals surface area contributed by atoms with Crippen LogP contribution in [0.2, 0.25) is 0 Å². The Kier molecular flexibility index (Phi) is 5.49. The number of carbonyl (C=O) groups excluding carboxylic acids is 1. The summed E-state index contributed by atoms with van der Waals surface area (Å²) >= 11 is 0. The van der Waals surface area contributed by atoms with E-state index in [4.69, 9.17) is 9.63 Å². The Hall–Kier alpha value is -1.47. The molecule has 1 aromatic rings. The van der Waals surface area contributed by atoms with Gasteiger partial charge in [-0.15, -0.1) is 0 Å². The van der Waals surface area contributed by atoms with E-state index >= 15 is 0 Å². The van der Waals surface area contributed by atoms with Crippen molar-refractivity contribution >= 4 is 5.91 Å². The average molecular weight is 282 g/mol. The van der Waals surface area contributed by atoms with Crippen LogP contribution < -0.4 is 5.32 Å².